The van der Waals surface area contributed by atoms with Gasteiger partial charge in [-0.15, -0.1) is 5.92 Å². The second-order valence-electron chi connectivity index (χ2n) is 9.96. The first-order valence-electron chi connectivity index (χ1n) is 11.8. The number of hydrogen-bond acceptors (Lipinski definition) is 5. The van der Waals surface area contributed by atoms with Crippen molar-refractivity contribution in [1.82, 2.24) is 24.7 Å². The van der Waals surface area contributed by atoms with E-state index in [1.807, 2.05) is 36.1 Å². The SMILES string of the molecule is CC#CC1CC12CC2.CC1CN(c2cc(-n3ncc4cnccc43)ncn2)CC(C)C1C. The van der Waals surface area contributed by atoms with Gasteiger partial charge in [0.2, 0.25) is 0 Å². The zero-order chi connectivity index (χ0) is 22.3. The smallest absolute Gasteiger partial charge is 0.159 e. The van der Waals surface area contributed by atoms with Crippen molar-refractivity contribution in [2.75, 3.05) is 18.0 Å². The minimum atomic E-state index is 0.656. The molecule has 0 radical (unpaired) electrons. The van der Waals surface area contributed by atoms with Gasteiger partial charge in [0.25, 0.3) is 0 Å². The summed E-state index contributed by atoms with van der Waals surface area (Å²) in [5, 5.41) is 5.47. The second-order valence-corrected chi connectivity index (χ2v) is 9.96. The number of pyridine rings is 1. The summed E-state index contributed by atoms with van der Waals surface area (Å²) in [6.45, 7) is 11.0. The third kappa shape index (κ3) is 3.97. The molecular weight excluding hydrogens is 396 g/mol. The van der Waals surface area contributed by atoms with Gasteiger partial charge in [-0.1, -0.05) is 26.7 Å². The summed E-state index contributed by atoms with van der Waals surface area (Å²) in [5.41, 5.74) is 1.80. The highest BCUT2D eigenvalue weighted by molar-refractivity contribution is 5.78. The maximum atomic E-state index is 4.51. The highest BCUT2D eigenvalue weighted by Crippen LogP contribution is 2.70. The Balaban J connectivity index is 0.000000225. The molecule has 4 heterocycles. The quantitative estimate of drug-likeness (QED) is 0.551. The van der Waals surface area contributed by atoms with Crippen LogP contribution < -0.4 is 4.90 Å². The average Bonchev–Trinajstić information content (AvgIpc) is 3.68. The largest absolute Gasteiger partial charge is 0.356 e. The second kappa shape index (κ2) is 8.20. The topological polar surface area (TPSA) is 59.7 Å². The molecule has 32 heavy (non-hydrogen) atoms. The summed E-state index contributed by atoms with van der Waals surface area (Å²) in [7, 11) is 0. The lowest BCUT2D eigenvalue weighted by Gasteiger charge is -2.40. The molecule has 1 spiro atoms. The van der Waals surface area contributed by atoms with E-state index < -0.39 is 0 Å². The predicted molar refractivity (Wildman–Crippen MR) is 127 cm³/mol. The Morgan fingerprint density at radius 3 is 2.47 bits per heavy atom. The minimum absolute atomic E-state index is 0.656. The molecule has 0 aromatic carbocycles. The van der Waals surface area contributed by atoms with E-state index >= 15 is 0 Å². The van der Waals surface area contributed by atoms with Crippen LogP contribution in [-0.4, -0.2) is 37.8 Å². The number of rotatable bonds is 2. The van der Waals surface area contributed by atoms with Crippen molar-refractivity contribution < 1.29 is 0 Å². The van der Waals surface area contributed by atoms with Gasteiger partial charge in [-0.3, -0.25) is 4.98 Å². The Hall–Kier alpha value is -2.94. The monoisotopic (exact) mass is 428 g/mol. The lowest BCUT2D eigenvalue weighted by Crippen LogP contribution is -2.44. The summed E-state index contributed by atoms with van der Waals surface area (Å²) in [6.07, 6.45) is 11.4. The maximum Gasteiger partial charge on any atom is 0.159 e. The standard InChI is InChI=1S/C18H22N6.C8H10/c1-12-9-23(10-13(2)14(12)3)17-6-18(21-11-20-17)24-16-4-5-19-7-15(16)8-22-24;1-2-3-7-6-8(7)4-5-8/h4-8,11-14H,9-10H2,1-3H3;7H,4-6H2,1H3. The fourth-order valence-corrected chi connectivity index (χ4v) is 4.97. The zero-order valence-corrected chi connectivity index (χ0v) is 19.5. The molecule has 3 aliphatic rings. The molecule has 3 aromatic rings. The van der Waals surface area contributed by atoms with Crippen LogP contribution in [0.5, 0.6) is 0 Å². The highest BCUT2D eigenvalue weighted by Gasteiger charge is 2.62. The molecule has 3 aromatic heterocycles. The van der Waals surface area contributed by atoms with Crippen LogP contribution in [0, 0.1) is 40.9 Å². The van der Waals surface area contributed by atoms with Gasteiger partial charge in [-0.25, -0.2) is 14.6 Å². The van der Waals surface area contributed by atoms with Crippen LogP contribution in [0.2, 0.25) is 0 Å². The summed E-state index contributed by atoms with van der Waals surface area (Å²) in [4.78, 5) is 15.4. The van der Waals surface area contributed by atoms with Crippen LogP contribution in [0.15, 0.2) is 37.1 Å². The average molecular weight is 429 g/mol. The predicted octanol–water partition coefficient (Wildman–Crippen LogP) is 4.75. The van der Waals surface area contributed by atoms with Crippen LogP contribution in [0.25, 0.3) is 16.7 Å². The summed E-state index contributed by atoms with van der Waals surface area (Å²) >= 11 is 0. The van der Waals surface area contributed by atoms with E-state index in [1.165, 1.54) is 19.3 Å². The molecule has 0 bridgehead atoms. The molecule has 0 N–H and O–H groups in total. The Bertz CT molecular complexity index is 1160. The number of anilines is 1. The molecule has 0 amide bonds. The van der Waals surface area contributed by atoms with Crippen LogP contribution in [0.1, 0.15) is 47.0 Å². The number of hydrogen-bond donors (Lipinski definition) is 0. The van der Waals surface area contributed by atoms with E-state index in [-0.39, 0.29) is 0 Å². The van der Waals surface area contributed by atoms with Gasteiger partial charge < -0.3 is 4.90 Å². The number of aromatic nitrogens is 5. The van der Waals surface area contributed by atoms with Crippen molar-refractivity contribution in [3.63, 3.8) is 0 Å². The molecule has 166 valence electrons. The zero-order valence-electron chi connectivity index (χ0n) is 19.5. The van der Waals surface area contributed by atoms with E-state index in [0.717, 1.165) is 52.9 Å². The Labute approximate surface area is 190 Å². The normalized spacial score (nSPS) is 27.3. The van der Waals surface area contributed by atoms with Crippen molar-refractivity contribution >= 4 is 16.7 Å². The number of fused-ring (bicyclic) bond motifs is 1. The van der Waals surface area contributed by atoms with Crippen molar-refractivity contribution in [2.45, 2.75) is 47.0 Å². The van der Waals surface area contributed by atoms with Gasteiger partial charge in [-0.05, 0) is 55.4 Å². The molecule has 6 nitrogen and oxygen atoms in total. The molecule has 3 fully saturated rings. The minimum Gasteiger partial charge on any atom is -0.356 e. The highest BCUT2D eigenvalue weighted by atomic mass is 15.3. The lowest BCUT2D eigenvalue weighted by atomic mass is 9.81. The third-order valence-electron chi connectivity index (χ3n) is 7.76. The van der Waals surface area contributed by atoms with Crippen LogP contribution in [0.4, 0.5) is 5.82 Å². The van der Waals surface area contributed by atoms with E-state index in [0.29, 0.717) is 11.8 Å². The Morgan fingerprint density at radius 1 is 1.03 bits per heavy atom. The van der Waals surface area contributed by atoms with E-state index in [4.69, 9.17) is 0 Å². The summed E-state index contributed by atoms with van der Waals surface area (Å²) in [5.74, 6) is 10.8. The lowest BCUT2D eigenvalue weighted by molar-refractivity contribution is 0.240. The molecule has 6 heteroatoms. The van der Waals surface area contributed by atoms with Gasteiger partial charge in [0.05, 0.1) is 11.7 Å². The van der Waals surface area contributed by atoms with Crippen molar-refractivity contribution in [3.8, 4) is 17.7 Å². The van der Waals surface area contributed by atoms with Crippen molar-refractivity contribution in [2.24, 2.45) is 29.1 Å². The first kappa shape index (κ1) is 20.9. The van der Waals surface area contributed by atoms with E-state index in [2.05, 4.69) is 57.6 Å². The third-order valence-corrected chi connectivity index (χ3v) is 7.76. The maximum absolute atomic E-state index is 4.51. The fraction of sp³-hybridized carbons (Fsp3) is 0.538. The van der Waals surface area contributed by atoms with E-state index in [9.17, 15) is 0 Å². The van der Waals surface area contributed by atoms with Crippen LogP contribution in [0.3, 0.4) is 0 Å². The van der Waals surface area contributed by atoms with Gasteiger partial charge in [0, 0.05) is 42.9 Å². The molecule has 3 unspecified atom stereocenters. The Kier molecular flexibility index (Phi) is 5.36. The van der Waals surface area contributed by atoms with Crippen molar-refractivity contribution in [3.05, 3.63) is 37.1 Å². The molecule has 2 saturated carbocycles. The first-order valence-corrected chi connectivity index (χ1v) is 11.8. The molecular formula is C26H32N6. The van der Waals surface area contributed by atoms with Crippen LogP contribution in [-0.2, 0) is 0 Å². The molecule has 3 atom stereocenters. The summed E-state index contributed by atoms with van der Waals surface area (Å²) in [6, 6.07) is 3.99. The summed E-state index contributed by atoms with van der Waals surface area (Å²) < 4.78 is 1.85. The molecule has 2 aliphatic carbocycles. The van der Waals surface area contributed by atoms with Crippen LogP contribution >= 0.6 is 0 Å². The number of nitrogens with zero attached hydrogens (tertiary/aromatic N) is 6. The Morgan fingerprint density at radius 2 is 1.78 bits per heavy atom. The first-order chi connectivity index (χ1) is 15.5. The van der Waals surface area contributed by atoms with E-state index in [1.54, 1.807) is 12.5 Å². The molecule has 1 saturated heterocycles. The van der Waals surface area contributed by atoms with Crippen molar-refractivity contribution in [1.29, 1.82) is 0 Å². The van der Waals surface area contributed by atoms with Gasteiger partial charge in [-0.2, -0.15) is 5.10 Å². The molecule has 6 rings (SSSR count). The van der Waals surface area contributed by atoms with Gasteiger partial charge in [0.1, 0.15) is 12.1 Å². The number of piperidine rings is 1. The van der Waals surface area contributed by atoms with Gasteiger partial charge in [0.15, 0.2) is 5.82 Å². The van der Waals surface area contributed by atoms with Gasteiger partial charge >= 0.3 is 0 Å². The molecule has 1 aliphatic heterocycles. The fourth-order valence-electron chi connectivity index (χ4n) is 4.97.